The molecule has 0 fully saturated rings. The van der Waals surface area contributed by atoms with Gasteiger partial charge in [0.25, 0.3) is 0 Å². The molecule has 5 heteroatoms. The molecule has 4 nitrogen and oxygen atoms in total. The lowest BCUT2D eigenvalue weighted by atomic mass is 10.2. The summed E-state index contributed by atoms with van der Waals surface area (Å²) in [6.45, 7) is 1.76. The first kappa shape index (κ1) is 13.4. The highest BCUT2D eigenvalue weighted by molar-refractivity contribution is 9.10. The number of aliphatic carboxylic acids is 1. The SMILES string of the molecule is CCC(=O)Nc1cc(/C=C/C(=O)O)ccc1Br. The fraction of sp³-hybridized carbons (Fsp3) is 0.167. The lowest BCUT2D eigenvalue weighted by Crippen LogP contribution is -2.09. The van der Waals surface area contributed by atoms with Crippen LogP contribution in [0, 0.1) is 0 Å². The van der Waals surface area contributed by atoms with Crippen LogP contribution < -0.4 is 5.32 Å². The van der Waals surface area contributed by atoms with Crippen LogP contribution in [0.5, 0.6) is 0 Å². The van der Waals surface area contributed by atoms with Gasteiger partial charge in [-0.3, -0.25) is 4.79 Å². The molecule has 0 aliphatic carbocycles. The average Bonchev–Trinajstić information content (AvgIpc) is 2.29. The minimum absolute atomic E-state index is 0.0925. The highest BCUT2D eigenvalue weighted by Gasteiger charge is 2.04. The van der Waals surface area contributed by atoms with Gasteiger partial charge in [0.15, 0.2) is 0 Å². The van der Waals surface area contributed by atoms with Crippen LogP contribution >= 0.6 is 15.9 Å². The summed E-state index contributed by atoms with van der Waals surface area (Å²) in [5.74, 6) is -1.10. The molecule has 1 aromatic rings. The van der Waals surface area contributed by atoms with E-state index in [-0.39, 0.29) is 5.91 Å². The van der Waals surface area contributed by atoms with Crippen molar-refractivity contribution in [3.05, 3.63) is 34.3 Å². The summed E-state index contributed by atoms with van der Waals surface area (Å²) in [5, 5.41) is 11.2. The van der Waals surface area contributed by atoms with Gasteiger partial charge in [-0.05, 0) is 39.7 Å². The molecule has 0 radical (unpaired) electrons. The molecule has 0 aliphatic heterocycles. The van der Waals surface area contributed by atoms with E-state index in [1.165, 1.54) is 6.08 Å². The van der Waals surface area contributed by atoms with E-state index in [0.717, 1.165) is 10.5 Å². The summed E-state index contributed by atoms with van der Waals surface area (Å²) in [6.07, 6.45) is 2.91. The van der Waals surface area contributed by atoms with Crippen LogP contribution in [-0.4, -0.2) is 17.0 Å². The Morgan fingerprint density at radius 1 is 1.47 bits per heavy atom. The predicted molar refractivity (Wildman–Crippen MR) is 69.7 cm³/mol. The molecule has 1 aromatic carbocycles. The third-order valence-corrected chi connectivity index (χ3v) is 2.70. The van der Waals surface area contributed by atoms with Crippen LogP contribution in [0.3, 0.4) is 0 Å². The van der Waals surface area contributed by atoms with Crippen LogP contribution in [-0.2, 0) is 9.59 Å². The van der Waals surface area contributed by atoms with Gasteiger partial charge >= 0.3 is 5.97 Å². The van der Waals surface area contributed by atoms with Crippen molar-refractivity contribution in [1.82, 2.24) is 0 Å². The van der Waals surface area contributed by atoms with E-state index >= 15 is 0 Å². The quantitative estimate of drug-likeness (QED) is 0.840. The molecule has 0 unspecified atom stereocenters. The number of carbonyl (C=O) groups is 2. The van der Waals surface area contributed by atoms with Crippen molar-refractivity contribution >= 4 is 39.6 Å². The van der Waals surface area contributed by atoms with Gasteiger partial charge in [-0.1, -0.05) is 13.0 Å². The molecule has 0 heterocycles. The van der Waals surface area contributed by atoms with Crippen molar-refractivity contribution in [1.29, 1.82) is 0 Å². The Morgan fingerprint density at radius 2 is 2.18 bits per heavy atom. The second-order valence-corrected chi connectivity index (χ2v) is 4.17. The van der Waals surface area contributed by atoms with Gasteiger partial charge in [0.2, 0.25) is 5.91 Å². The maximum Gasteiger partial charge on any atom is 0.328 e. The minimum atomic E-state index is -1.01. The number of carboxylic acids is 1. The number of halogens is 1. The monoisotopic (exact) mass is 297 g/mol. The standard InChI is InChI=1S/C12H12BrNO3/c1-2-11(15)14-10-7-8(3-5-9(10)13)4-6-12(16)17/h3-7H,2H2,1H3,(H,14,15)(H,16,17)/b6-4+. The maximum absolute atomic E-state index is 11.3. The van der Waals surface area contributed by atoms with E-state index in [1.54, 1.807) is 25.1 Å². The highest BCUT2D eigenvalue weighted by Crippen LogP contribution is 2.24. The predicted octanol–water partition coefficient (Wildman–Crippen LogP) is 2.90. The molecule has 1 amide bonds. The van der Waals surface area contributed by atoms with E-state index in [9.17, 15) is 9.59 Å². The van der Waals surface area contributed by atoms with Crippen molar-refractivity contribution in [3.63, 3.8) is 0 Å². The zero-order valence-corrected chi connectivity index (χ0v) is 10.8. The number of hydrogen-bond donors (Lipinski definition) is 2. The molecule has 0 bridgehead atoms. The van der Waals surface area contributed by atoms with E-state index < -0.39 is 5.97 Å². The first-order chi connectivity index (χ1) is 8.02. The van der Waals surface area contributed by atoms with Crippen molar-refractivity contribution in [2.45, 2.75) is 13.3 Å². The highest BCUT2D eigenvalue weighted by atomic mass is 79.9. The number of nitrogens with one attached hydrogen (secondary N) is 1. The number of hydrogen-bond acceptors (Lipinski definition) is 2. The van der Waals surface area contributed by atoms with Crippen molar-refractivity contribution in [2.75, 3.05) is 5.32 Å². The fourth-order valence-corrected chi connectivity index (χ4v) is 1.49. The Hall–Kier alpha value is -1.62. The molecule has 0 aromatic heterocycles. The number of rotatable bonds is 4. The van der Waals surface area contributed by atoms with E-state index in [1.807, 2.05) is 0 Å². The van der Waals surface area contributed by atoms with Gasteiger partial charge < -0.3 is 10.4 Å². The van der Waals surface area contributed by atoms with Gasteiger partial charge in [0.05, 0.1) is 5.69 Å². The van der Waals surface area contributed by atoms with E-state index in [4.69, 9.17) is 5.11 Å². The lowest BCUT2D eigenvalue weighted by Gasteiger charge is -2.07. The number of anilines is 1. The summed E-state index contributed by atoms with van der Waals surface area (Å²) in [5.41, 5.74) is 1.34. The molecule has 90 valence electrons. The van der Waals surface area contributed by atoms with Gasteiger partial charge in [-0.25, -0.2) is 4.79 Å². The van der Waals surface area contributed by atoms with Crippen LogP contribution in [0.4, 0.5) is 5.69 Å². The molecule has 0 spiro atoms. The molecule has 2 N–H and O–H groups in total. The third-order valence-electron chi connectivity index (χ3n) is 2.00. The zero-order chi connectivity index (χ0) is 12.8. The summed E-state index contributed by atoms with van der Waals surface area (Å²) in [4.78, 5) is 21.6. The number of carboxylic acid groups (broad SMARTS) is 1. The normalized spacial score (nSPS) is 10.5. The molecule has 1 rings (SSSR count). The van der Waals surface area contributed by atoms with Crippen molar-refractivity contribution in [2.24, 2.45) is 0 Å². The summed E-state index contributed by atoms with van der Waals surface area (Å²) >= 11 is 3.31. The molecule has 0 atom stereocenters. The summed E-state index contributed by atoms with van der Waals surface area (Å²) in [7, 11) is 0. The molecule has 17 heavy (non-hydrogen) atoms. The fourth-order valence-electron chi connectivity index (χ4n) is 1.15. The summed E-state index contributed by atoms with van der Waals surface area (Å²) < 4.78 is 0.756. The minimum Gasteiger partial charge on any atom is -0.478 e. The first-order valence-corrected chi connectivity index (χ1v) is 5.82. The molecule has 0 saturated heterocycles. The van der Waals surface area contributed by atoms with E-state index in [0.29, 0.717) is 17.7 Å². The van der Waals surface area contributed by atoms with Crippen LogP contribution in [0.15, 0.2) is 28.7 Å². The third kappa shape index (κ3) is 4.40. The molecular formula is C12H12BrNO3. The second kappa shape index (κ2) is 6.20. The largest absolute Gasteiger partial charge is 0.478 e. The molecule has 0 aliphatic rings. The van der Waals surface area contributed by atoms with Crippen LogP contribution in [0.25, 0.3) is 6.08 Å². The topological polar surface area (TPSA) is 66.4 Å². The summed E-state index contributed by atoms with van der Waals surface area (Å²) in [6, 6.07) is 5.22. The van der Waals surface area contributed by atoms with Gasteiger partial charge in [0.1, 0.15) is 0 Å². The Bertz CT molecular complexity index is 469. The van der Waals surface area contributed by atoms with Gasteiger partial charge in [-0.2, -0.15) is 0 Å². The second-order valence-electron chi connectivity index (χ2n) is 3.31. The Balaban J connectivity index is 2.94. The lowest BCUT2D eigenvalue weighted by molar-refractivity contribution is -0.131. The maximum atomic E-state index is 11.3. The molecule has 0 saturated carbocycles. The Labute approximate surface area is 107 Å². The average molecular weight is 298 g/mol. The number of amides is 1. The van der Waals surface area contributed by atoms with Gasteiger partial charge in [-0.15, -0.1) is 0 Å². The molecular weight excluding hydrogens is 286 g/mol. The first-order valence-electron chi connectivity index (χ1n) is 5.03. The Morgan fingerprint density at radius 3 is 2.76 bits per heavy atom. The van der Waals surface area contributed by atoms with Crippen LogP contribution in [0.2, 0.25) is 0 Å². The smallest absolute Gasteiger partial charge is 0.328 e. The van der Waals surface area contributed by atoms with Crippen LogP contribution in [0.1, 0.15) is 18.9 Å². The number of benzene rings is 1. The van der Waals surface area contributed by atoms with E-state index in [2.05, 4.69) is 21.2 Å². The van der Waals surface area contributed by atoms with Crippen molar-refractivity contribution < 1.29 is 14.7 Å². The Kier molecular flexibility index (Phi) is 4.90. The van der Waals surface area contributed by atoms with Crippen molar-refractivity contribution in [3.8, 4) is 0 Å². The zero-order valence-electron chi connectivity index (χ0n) is 9.24. The van der Waals surface area contributed by atoms with Gasteiger partial charge in [0, 0.05) is 17.0 Å². The number of carbonyl (C=O) groups excluding carboxylic acids is 1.